The van der Waals surface area contributed by atoms with E-state index in [0.29, 0.717) is 30.6 Å². The van der Waals surface area contributed by atoms with E-state index in [9.17, 15) is 24.6 Å². The van der Waals surface area contributed by atoms with Gasteiger partial charge in [0, 0.05) is 0 Å². The first kappa shape index (κ1) is 26.9. The van der Waals surface area contributed by atoms with E-state index in [1.54, 1.807) is 6.92 Å². The Balaban J connectivity index is 0.000000592. The van der Waals surface area contributed by atoms with Gasteiger partial charge >= 0.3 is 17.9 Å². The van der Waals surface area contributed by atoms with Crippen molar-refractivity contribution in [3.8, 4) is 0 Å². The van der Waals surface area contributed by atoms with Crippen molar-refractivity contribution in [3.63, 3.8) is 0 Å². The number of carboxylic acid groups (broad SMARTS) is 3. The van der Waals surface area contributed by atoms with Crippen molar-refractivity contribution in [3.05, 3.63) is 23.8 Å². The highest BCUT2D eigenvalue weighted by Crippen LogP contribution is 2.43. The zero-order chi connectivity index (χ0) is 23.6. The van der Waals surface area contributed by atoms with Crippen LogP contribution in [0, 0.1) is 29.6 Å². The van der Waals surface area contributed by atoms with Gasteiger partial charge in [-0.1, -0.05) is 51.8 Å². The van der Waals surface area contributed by atoms with Gasteiger partial charge in [-0.05, 0) is 55.4 Å². The van der Waals surface area contributed by atoms with Crippen LogP contribution in [0.3, 0.4) is 0 Å². The molecule has 0 spiro atoms. The third kappa shape index (κ3) is 9.25. The van der Waals surface area contributed by atoms with Crippen molar-refractivity contribution in [2.45, 2.75) is 78.2 Å². The molecule has 0 saturated heterocycles. The van der Waals surface area contributed by atoms with Crippen LogP contribution in [0.15, 0.2) is 23.8 Å². The Morgan fingerprint density at radius 3 is 2.32 bits per heavy atom. The average Bonchev–Trinajstić information content (AvgIpc) is 2.71. The summed E-state index contributed by atoms with van der Waals surface area (Å²) in [4.78, 5) is 31.7. The topological polar surface area (TPSA) is 132 Å². The second-order valence-corrected chi connectivity index (χ2v) is 8.86. The molecule has 0 aromatic rings. The lowest BCUT2D eigenvalue weighted by Gasteiger charge is -2.38. The summed E-state index contributed by atoms with van der Waals surface area (Å²) in [6.07, 6.45) is 10.9. The van der Waals surface area contributed by atoms with Gasteiger partial charge in [0.05, 0.1) is 24.4 Å². The van der Waals surface area contributed by atoms with E-state index in [4.69, 9.17) is 10.2 Å². The molecule has 4 N–H and O–H groups in total. The number of carbonyl (C=O) groups is 3. The van der Waals surface area contributed by atoms with Crippen LogP contribution in [0.2, 0.25) is 0 Å². The molecule has 0 aliphatic heterocycles. The number of hydrogen-bond donors (Lipinski definition) is 4. The Bertz CT molecular complexity index is 667. The number of rotatable bonds is 10. The number of aliphatic hydroxyl groups excluding tert-OH is 1. The molecule has 0 bridgehead atoms. The van der Waals surface area contributed by atoms with Crippen LogP contribution in [-0.2, 0) is 14.4 Å². The summed E-state index contributed by atoms with van der Waals surface area (Å²) < 4.78 is 0. The maximum absolute atomic E-state index is 11.2. The minimum Gasteiger partial charge on any atom is -0.481 e. The molecule has 7 nitrogen and oxygen atoms in total. The molecule has 6 atom stereocenters. The Labute approximate surface area is 184 Å². The number of hydrogen-bond acceptors (Lipinski definition) is 4. The molecule has 0 amide bonds. The van der Waals surface area contributed by atoms with Gasteiger partial charge in [0.15, 0.2) is 0 Å². The molecule has 2 rings (SSSR count). The molecule has 7 heteroatoms. The van der Waals surface area contributed by atoms with Crippen molar-refractivity contribution in [1.29, 1.82) is 0 Å². The van der Waals surface area contributed by atoms with Gasteiger partial charge in [0.25, 0.3) is 0 Å². The van der Waals surface area contributed by atoms with Crippen molar-refractivity contribution < 1.29 is 34.8 Å². The van der Waals surface area contributed by atoms with Gasteiger partial charge in [-0.15, -0.1) is 0 Å². The molecular weight excluding hydrogens is 400 g/mol. The molecule has 0 radical (unpaired) electrons. The lowest BCUT2D eigenvalue weighted by molar-refractivity contribution is -0.141. The van der Waals surface area contributed by atoms with Crippen LogP contribution in [-0.4, -0.2) is 44.4 Å². The van der Waals surface area contributed by atoms with E-state index >= 15 is 0 Å². The summed E-state index contributed by atoms with van der Waals surface area (Å²) in [7, 11) is 0. The molecule has 6 unspecified atom stereocenters. The van der Waals surface area contributed by atoms with Crippen LogP contribution in [0.5, 0.6) is 0 Å². The fraction of sp³-hybridized carbons (Fsp3) is 0.708. The molecular formula is C24H38O7. The fourth-order valence-electron chi connectivity index (χ4n) is 4.27. The third-order valence-electron chi connectivity index (χ3n) is 6.48. The van der Waals surface area contributed by atoms with Crippen molar-refractivity contribution >= 4 is 17.9 Å². The average molecular weight is 439 g/mol. The monoisotopic (exact) mass is 438 g/mol. The standard InChI is InChI=1S/C19H28O5.C5H10O2/c1-12-6-7-13-10-14(19(23)24)8-9-17(13)16(12)5-3-2-4-15(20)11-18(21)22;1-3-4(2)5(6)7/h6-7,10,12,14-17,20H,2-5,8-9,11H2,1H3,(H,21,22)(H,23,24);4H,3H2,1-2H3,(H,6,7). The summed E-state index contributed by atoms with van der Waals surface area (Å²) >= 11 is 0. The minimum absolute atomic E-state index is 0.181. The first-order chi connectivity index (χ1) is 14.6. The van der Waals surface area contributed by atoms with Crippen molar-refractivity contribution in [1.82, 2.24) is 0 Å². The largest absolute Gasteiger partial charge is 0.481 e. The van der Waals surface area contributed by atoms with E-state index in [1.165, 1.54) is 5.57 Å². The van der Waals surface area contributed by atoms with Crippen LogP contribution >= 0.6 is 0 Å². The van der Waals surface area contributed by atoms with E-state index in [0.717, 1.165) is 32.1 Å². The number of aliphatic hydroxyl groups is 1. The predicted molar refractivity (Wildman–Crippen MR) is 118 cm³/mol. The van der Waals surface area contributed by atoms with Gasteiger partial charge in [0.2, 0.25) is 0 Å². The number of unbranched alkanes of at least 4 members (excludes halogenated alkanes) is 1. The highest BCUT2D eigenvalue weighted by Gasteiger charge is 2.34. The Morgan fingerprint density at radius 2 is 1.81 bits per heavy atom. The number of fused-ring (bicyclic) bond motifs is 1. The van der Waals surface area contributed by atoms with Crippen molar-refractivity contribution in [2.75, 3.05) is 0 Å². The van der Waals surface area contributed by atoms with Crippen LogP contribution in [0.1, 0.15) is 72.1 Å². The molecule has 0 heterocycles. The van der Waals surface area contributed by atoms with E-state index in [2.05, 4.69) is 19.1 Å². The van der Waals surface area contributed by atoms with E-state index in [-0.39, 0.29) is 18.3 Å². The van der Waals surface area contributed by atoms with Crippen LogP contribution in [0.25, 0.3) is 0 Å². The van der Waals surface area contributed by atoms with Gasteiger partial charge in [0.1, 0.15) is 0 Å². The zero-order valence-electron chi connectivity index (χ0n) is 18.9. The third-order valence-corrected chi connectivity index (χ3v) is 6.48. The zero-order valence-corrected chi connectivity index (χ0v) is 18.9. The summed E-state index contributed by atoms with van der Waals surface area (Å²) in [6, 6.07) is 0. The maximum atomic E-state index is 11.2. The lowest BCUT2D eigenvalue weighted by Crippen LogP contribution is -2.30. The molecule has 0 aromatic carbocycles. The number of aliphatic carboxylic acids is 3. The molecule has 2 aliphatic carbocycles. The van der Waals surface area contributed by atoms with Gasteiger partial charge in [-0.2, -0.15) is 0 Å². The van der Waals surface area contributed by atoms with Crippen LogP contribution in [0.4, 0.5) is 0 Å². The van der Waals surface area contributed by atoms with Gasteiger partial charge in [-0.3, -0.25) is 14.4 Å². The summed E-state index contributed by atoms with van der Waals surface area (Å²) in [6.45, 7) is 5.77. The summed E-state index contributed by atoms with van der Waals surface area (Å²) in [5.74, 6) is -1.53. The molecule has 0 fully saturated rings. The fourth-order valence-corrected chi connectivity index (χ4v) is 4.27. The number of carboxylic acids is 3. The molecule has 0 aromatic heterocycles. The van der Waals surface area contributed by atoms with Crippen molar-refractivity contribution in [2.24, 2.45) is 29.6 Å². The van der Waals surface area contributed by atoms with Gasteiger partial charge < -0.3 is 20.4 Å². The molecule has 2 aliphatic rings. The number of allylic oxidation sites excluding steroid dienone is 3. The predicted octanol–water partition coefficient (Wildman–Crippen LogP) is 4.36. The summed E-state index contributed by atoms with van der Waals surface area (Å²) in [5.41, 5.74) is 1.17. The highest BCUT2D eigenvalue weighted by molar-refractivity contribution is 5.73. The summed E-state index contributed by atoms with van der Waals surface area (Å²) in [5, 5.41) is 35.7. The smallest absolute Gasteiger partial charge is 0.310 e. The highest BCUT2D eigenvalue weighted by atomic mass is 16.4. The first-order valence-corrected chi connectivity index (χ1v) is 11.3. The van der Waals surface area contributed by atoms with E-state index in [1.807, 2.05) is 13.0 Å². The maximum Gasteiger partial charge on any atom is 0.310 e. The second-order valence-electron chi connectivity index (χ2n) is 8.86. The van der Waals surface area contributed by atoms with Crippen LogP contribution < -0.4 is 0 Å². The Kier molecular flexibility index (Phi) is 11.5. The van der Waals surface area contributed by atoms with Gasteiger partial charge in [-0.25, -0.2) is 0 Å². The SMILES string of the molecule is CC1C=CC2=CC(C(=O)O)CCC2C1CCCCC(O)CC(=O)O.CCC(C)C(=O)O. The van der Waals surface area contributed by atoms with E-state index < -0.39 is 24.0 Å². The normalized spacial score (nSPS) is 26.5. The second kappa shape index (κ2) is 13.3. The quantitative estimate of drug-likeness (QED) is 0.373. The molecule has 176 valence electrons. The minimum atomic E-state index is -0.960. The molecule has 0 saturated carbocycles. The Morgan fingerprint density at radius 1 is 1.13 bits per heavy atom. The molecule has 31 heavy (non-hydrogen) atoms. The Hall–Kier alpha value is -2.15. The lowest BCUT2D eigenvalue weighted by atomic mass is 9.66. The first-order valence-electron chi connectivity index (χ1n) is 11.3.